The number of aromatic nitrogens is 5. The summed E-state index contributed by atoms with van der Waals surface area (Å²) in [5.74, 6) is 0.849. The van der Waals surface area contributed by atoms with Gasteiger partial charge in [-0.15, -0.1) is 0 Å². The van der Waals surface area contributed by atoms with Crippen LogP contribution in [0.25, 0.3) is 11.5 Å². The van der Waals surface area contributed by atoms with Gasteiger partial charge >= 0.3 is 0 Å². The second-order valence-electron chi connectivity index (χ2n) is 3.39. The molecular weight excluding hydrogens is 210 g/mol. The molecule has 0 aliphatic rings. The Bertz CT molecular complexity index is 507. The van der Waals surface area contributed by atoms with Crippen LogP contribution in [0.15, 0.2) is 12.5 Å². The Balaban J connectivity index is 2.54. The number of aromatic amines is 1. The molecule has 0 unspecified atom stereocenters. The van der Waals surface area contributed by atoms with Crippen molar-refractivity contribution in [2.75, 3.05) is 0 Å². The van der Waals surface area contributed by atoms with E-state index in [2.05, 4.69) is 22.1 Å². The monoisotopic (exact) mass is 223 g/mol. The summed E-state index contributed by atoms with van der Waals surface area (Å²) < 4.78 is 4.58. The van der Waals surface area contributed by atoms with Gasteiger partial charge in [0.25, 0.3) is 0 Å². The summed E-state index contributed by atoms with van der Waals surface area (Å²) in [6, 6.07) is 0. The predicted octanol–water partition coefficient (Wildman–Crippen LogP) is 1.75. The first-order chi connectivity index (χ1) is 7.24. The first-order valence-corrected chi connectivity index (χ1v) is 5.26. The maximum atomic E-state index is 5.17. The third-order valence-corrected chi connectivity index (χ3v) is 2.56. The van der Waals surface area contributed by atoms with Gasteiger partial charge in [-0.3, -0.25) is 9.67 Å². The molecule has 0 fully saturated rings. The van der Waals surface area contributed by atoms with Crippen LogP contribution in [0.5, 0.6) is 0 Å². The van der Waals surface area contributed by atoms with Crippen LogP contribution in [0.2, 0.25) is 0 Å². The Morgan fingerprint density at radius 3 is 2.93 bits per heavy atom. The van der Waals surface area contributed by atoms with Crippen LogP contribution in [0, 0.1) is 4.77 Å². The summed E-state index contributed by atoms with van der Waals surface area (Å²) in [7, 11) is 1.94. The van der Waals surface area contributed by atoms with E-state index < -0.39 is 0 Å². The van der Waals surface area contributed by atoms with Gasteiger partial charge in [-0.2, -0.15) is 5.10 Å². The fourth-order valence-corrected chi connectivity index (χ4v) is 1.74. The van der Waals surface area contributed by atoms with Crippen LogP contribution in [0.3, 0.4) is 0 Å². The number of hydrogen-bond acceptors (Lipinski definition) is 3. The fraction of sp³-hybridized carbons (Fsp3) is 0.444. The molecule has 0 saturated carbocycles. The van der Waals surface area contributed by atoms with Crippen LogP contribution < -0.4 is 0 Å². The standard InChI is InChI=1S/C9H13N5S/c1-3-4-14-8(11-12-9(14)15)7-5-10-6-13(7)2/h5-6H,3-4H2,1-2H3,(H,12,15). The van der Waals surface area contributed by atoms with E-state index in [1.54, 1.807) is 12.5 Å². The van der Waals surface area contributed by atoms with Crippen molar-refractivity contribution < 1.29 is 0 Å². The molecule has 0 aromatic carbocycles. The lowest BCUT2D eigenvalue weighted by Crippen LogP contribution is -2.02. The third-order valence-electron chi connectivity index (χ3n) is 2.25. The average molecular weight is 223 g/mol. The molecule has 0 radical (unpaired) electrons. The van der Waals surface area contributed by atoms with Gasteiger partial charge < -0.3 is 4.57 Å². The molecule has 0 bridgehead atoms. The average Bonchev–Trinajstić information content (AvgIpc) is 2.76. The van der Waals surface area contributed by atoms with E-state index in [1.165, 1.54) is 0 Å². The lowest BCUT2D eigenvalue weighted by molar-refractivity contribution is 0.671. The molecule has 0 saturated heterocycles. The molecule has 5 nitrogen and oxygen atoms in total. The second-order valence-corrected chi connectivity index (χ2v) is 3.78. The van der Waals surface area contributed by atoms with Crippen molar-refractivity contribution in [1.29, 1.82) is 0 Å². The van der Waals surface area contributed by atoms with E-state index >= 15 is 0 Å². The quantitative estimate of drug-likeness (QED) is 0.806. The highest BCUT2D eigenvalue weighted by atomic mass is 32.1. The third kappa shape index (κ3) is 1.72. The van der Waals surface area contributed by atoms with Gasteiger partial charge in [0.2, 0.25) is 0 Å². The Labute approximate surface area is 92.8 Å². The Hall–Kier alpha value is -1.43. The maximum Gasteiger partial charge on any atom is 0.195 e. The fourth-order valence-electron chi connectivity index (χ4n) is 1.52. The van der Waals surface area contributed by atoms with E-state index in [4.69, 9.17) is 12.2 Å². The lowest BCUT2D eigenvalue weighted by Gasteiger charge is -2.04. The van der Waals surface area contributed by atoms with Crippen molar-refractivity contribution in [3.63, 3.8) is 0 Å². The van der Waals surface area contributed by atoms with Crippen LogP contribution in [-0.4, -0.2) is 24.3 Å². The normalized spacial score (nSPS) is 10.8. The summed E-state index contributed by atoms with van der Waals surface area (Å²) >= 11 is 5.17. The molecular formula is C9H13N5S. The molecule has 0 amide bonds. The number of nitrogens with zero attached hydrogens (tertiary/aromatic N) is 4. The zero-order valence-corrected chi connectivity index (χ0v) is 9.58. The summed E-state index contributed by atoms with van der Waals surface area (Å²) in [4.78, 5) is 4.07. The van der Waals surface area contributed by atoms with Crippen LogP contribution in [0.4, 0.5) is 0 Å². The molecule has 15 heavy (non-hydrogen) atoms. The Morgan fingerprint density at radius 2 is 2.33 bits per heavy atom. The van der Waals surface area contributed by atoms with Gasteiger partial charge in [0.05, 0.1) is 12.5 Å². The van der Waals surface area contributed by atoms with E-state index in [0.29, 0.717) is 4.77 Å². The number of hydrogen-bond donors (Lipinski definition) is 1. The smallest absolute Gasteiger partial charge is 0.195 e. The van der Waals surface area contributed by atoms with E-state index in [0.717, 1.165) is 24.5 Å². The molecule has 0 spiro atoms. The molecule has 2 heterocycles. The van der Waals surface area contributed by atoms with Crippen LogP contribution in [-0.2, 0) is 13.6 Å². The Kier molecular flexibility index (Phi) is 2.68. The summed E-state index contributed by atoms with van der Waals surface area (Å²) in [5, 5.41) is 7.03. The summed E-state index contributed by atoms with van der Waals surface area (Å²) in [6.07, 6.45) is 4.57. The van der Waals surface area contributed by atoms with Gasteiger partial charge in [-0.1, -0.05) is 6.92 Å². The van der Waals surface area contributed by atoms with Gasteiger partial charge in [0.15, 0.2) is 10.6 Å². The van der Waals surface area contributed by atoms with E-state index in [1.807, 2.05) is 16.2 Å². The zero-order valence-electron chi connectivity index (χ0n) is 8.77. The van der Waals surface area contributed by atoms with Crippen molar-refractivity contribution >= 4 is 12.2 Å². The van der Waals surface area contributed by atoms with Crippen LogP contribution in [0.1, 0.15) is 13.3 Å². The summed E-state index contributed by atoms with van der Waals surface area (Å²) in [6.45, 7) is 2.98. The zero-order chi connectivity index (χ0) is 10.8. The highest BCUT2D eigenvalue weighted by molar-refractivity contribution is 7.71. The minimum atomic E-state index is 0.660. The SMILES string of the molecule is CCCn1c(-c2cncn2C)n[nH]c1=S. The van der Waals surface area contributed by atoms with Crippen molar-refractivity contribution in [3.05, 3.63) is 17.3 Å². The highest BCUT2D eigenvalue weighted by Gasteiger charge is 2.10. The molecule has 2 rings (SSSR count). The van der Waals surface area contributed by atoms with Crippen molar-refractivity contribution in [2.45, 2.75) is 19.9 Å². The van der Waals surface area contributed by atoms with Gasteiger partial charge in [-0.25, -0.2) is 4.98 Å². The van der Waals surface area contributed by atoms with Crippen molar-refractivity contribution in [3.8, 4) is 11.5 Å². The molecule has 0 aliphatic heterocycles. The molecule has 2 aromatic heterocycles. The molecule has 6 heteroatoms. The van der Waals surface area contributed by atoms with E-state index in [-0.39, 0.29) is 0 Å². The van der Waals surface area contributed by atoms with Crippen LogP contribution >= 0.6 is 12.2 Å². The van der Waals surface area contributed by atoms with Gasteiger partial charge in [0.1, 0.15) is 5.69 Å². The molecule has 0 atom stereocenters. The minimum absolute atomic E-state index is 0.660. The lowest BCUT2D eigenvalue weighted by atomic mass is 10.4. The largest absolute Gasteiger partial charge is 0.331 e. The highest BCUT2D eigenvalue weighted by Crippen LogP contribution is 2.15. The second kappa shape index (κ2) is 3.98. The maximum absolute atomic E-state index is 5.17. The topological polar surface area (TPSA) is 51.4 Å². The number of rotatable bonds is 3. The number of imidazole rings is 1. The molecule has 2 aromatic rings. The first-order valence-electron chi connectivity index (χ1n) is 4.86. The number of aryl methyl sites for hydroxylation is 1. The first kappa shape index (κ1) is 10.1. The molecule has 0 aliphatic carbocycles. The number of nitrogens with one attached hydrogen (secondary N) is 1. The van der Waals surface area contributed by atoms with Crippen molar-refractivity contribution in [1.82, 2.24) is 24.3 Å². The Morgan fingerprint density at radius 1 is 1.53 bits per heavy atom. The van der Waals surface area contributed by atoms with Crippen molar-refractivity contribution in [2.24, 2.45) is 7.05 Å². The van der Waals surface area contributed by atoms with Gasteiger partial charge in [0, 0.05) is 13.6 Å². The van der Waals surface area contributed by atoms with Gasteiger partial charge in [-0.05, 0) is 18.6 Å². The molecule has 80 valence electrons. The molecule has 1 N–H and O–H groups in total. The summed E-state index contributed by atoms with van der Waals surface area (Å²) in [5.41, 5.74) is 0.968. The predicted molar refractivity (Wildman–Crippen MR) is 59.9 cm³/mol. The number of H-pyrrole nitrogens is 1. The minimum Gasteiger partial charge on any atom is -0.331 e. The van der Waals surface area contributed by atoms with E-state index in [9.17, 15) is 0 Å².